The topological polar surface area (TPSA) is 263 Å². The summed E-state index contributed by atoms with van der Waals surface area (Å²) < 4.78 is 75.4. The first-order chi connectivity index (χ1) is 44.2. The molecule has 0 saturated carbocycles. The van der Waals surface area contributed by atoms with E-state index in [2.05, 4.69) is 45.0 Å². The van der Waals surface area contributed by atoms with Gasteiger partial charge in [-0.25, -0.2) is 0 Å². The summed E-state index contributed by atoms with van der Waals surface area (Å²) >= 11 is 8.37. The number of carbonyl (C=O) groups excluding carboxylic acids is 5. The average Bonchev–Trinajstić information content (AvgIpc) is 1.15. The third-order valence-electron chi connectivity index (χ3n) is 16.4. The minimum absolute atomic E-state index is 0. The van der Waals surface area contributed by atoms with E-state index in [1.807, 2.05) is 127 Å². The molecule has 17 nitrogen and oxygen atoms in total. The van der Waals surface area contributed by atoms with E-state index in [0.29, 0.717) is 36.9 Å². The molecule has 3 heterocycles. The molecule has 4 unspecified atom stereocenters. The normalized spacial score (nSPS) is 16.2. The number of fused-ring (bicyclic) bond motifs is 1. The molecule has 0 aromatic heterocycles. The van der Waals surface area contributed by atoms with Gasteiger partial charge in [0.25, 0.3) is 0 Å². The predicted octanol–water partition coefficient (Wildman–Crippen LogP) is 7.50. The number of carboxylic acid groups (broad SMARTS) is 1. The van der Waals surface area contributed by atoms with E-state index in [-0.39, 0.29) is 141 Å². The number of carboxylic acids is 1. The van der Waals surface area contributed by atoms with Crippen LogP contribution in [0.5, 0.6) is 5.75 Å². The molecule has 0 amide bonds. The Morgan fingerprint density at radius 2 is 0.969 bits per heavy atom. The van der Waals surface area contributed by atoms with Crippen LogP contribution in [0.1, 0.15) is 181 Å². The van der Waals surface area contributed by atoms with Gasteiger partial charge in [0.05, 0.1) is 87.8 Å². The number of aryl methyl sites for hydroxylation is 2. The number of allylic oxidation sites excluding steroid dienone is 1. The number of benzene rings is 5. The molecule has 3 aliphatic rings. The summed E-state index contributed by atoms with van der Waals surface area (Å²) in [5.41, 5.74) is 7.30. The van der Waals surface area contributed by atoms with Gasteiger partial charge in [-0.05, 0) is 225 Å². The van der Waals surface area contributed by atoms with E-state index in [1.165, 1.54) is 40.8 Å². The number of hydrogen-bond acceptors (Lipinski definition) is 18. The van der Waals surface area contributed by atoms with Gasteiger partial charge in [0.2, 0.25) is 0 Å². The van der Waals surface area contributed by atoms with Gasteiger partial charge < -0.3 is 43.2 Å². The molecule has 0 aliphatic carbocycles. The molecular weight excluding hydrogens is 1500 g/mol. The second-order valence-electron chi connectivity index (χ2n) is 24.6. The summed E-state index contributed by atoms with van der Waals surface area (Å²) in [7, 11) is -3.81. The summed E-state index contributed by atoms with van der Waals surface area (Å²) in [5.74, 6) is -1.72. The Hall–Kier alpha value is -2.61. The van der Waals surface area contributed by atoms with E-state index < -0.39 is 55.9 Å². The van der Waals surface area contributed by atoms with Crippen LogP contribution in [0.15, 0.2) is 113 Å². The van der Waals surface area contributed by atoms with E-state index >= 15 is 0 Å². The molecule has 525 valence electrons. The zero-order chi connectivity index (χ0) is 74.1. The molecule has 2 saturated heterocycles. The van der Waals surface area contributed by atoms with Crippen LogP contribution in [0, 0.1) is 27.7 Å². The molecule has 1 radical (unpaired) electrons. The minimum Gasteiger partial charge on any atom is -0.669 e. The number of hydrogen-bond donors (Lipinski definition) is 2. The molecule has 3 aliphatic heterocycles. The Labute approximate surface area is 657 Å². The number of carbonyl (C=O) groups is 5. The minimum atomic E-state index is -3.07. The van der Waals surface area contributed by atoms with Crippen LogP contribution in [0.25, 0.3) is 6.08 Å². The van der Waals surface area contributed by atoms with Gasteiger partial charge in [0.1, 0.15) is 0 Å². The van der Waals surface area contributed by atoms with E-state index in [9.17, 15) is 56.0 Å². The molecule has 4 atom stereocenters. The smallest absolute Gasteiger partial charge is 0.669 e. The van der Waals surface area contributed by atoms with Crippen molar-refractivity contribution in [1.82, 2.24) is 0 Å². The Balaban J connectivity index is 0.00000116. The van der Waals surface area contributed by atoms with Crippen LogP contribution in [0.2, 0.25) is 12.6 Å². The van der Waals surface area contributed by atoms with Crippen LogP contribution >= 0.6 is 43.6 Å². The number of Topliss-reactive ketones (excluding diaryl/α,β-unsaturated/α-hetero) is 4. The first-order valence-electron chi connectivity index (χ1n) is 30.3. The van der Waals surface area contributed by atoms with Gasteiger partial charge in [-0.2, -0.15) is 0 Å². The first-order valence-corrected chi connectivity index (χ1v) is 39.3. The van der Waals surface area contributed by atoms with Crippen LogP contribution in [0.3, 0.4) is 0 Å². The van der Waals surface area contributed by atoms with Gasteiger partial charge >= 0.3 is 80.7 Å². The number of ketones is 4. The van der Waals surface area contributed by atoms with Gasteiger partial charge in [0, 0.05) is 75.8 Å². The average molecular weight is 1590 g/mol. The molecule has 5 aromatic rings. The fraction of sp³-hybridized carbons (Fsp3) is 0.435. The van der Waals surface area contributed by atoms with Gasteiger partial charge in [-0.15, -0.1) is 18.3 Å². The Morgan fingerprint density at radius 1 is 0.602 bits per heavy atom. The summed E-state index contributed by atoms with van der Waals surface area (Å²) in [6, 6.07) is 17.8. The second-order valence-corrected chi connectivity index (χ2v) is 32.6. The zero-order valence-corrected chi connectivity index (χ0v) is 72.5. The maximum Gasteiger partial charge on any atom is 1.00 e. The molecule has 5 aromatic carbocycles. The van der Waals surface area contributed by atoms with Crippen LogP contribution in [-0.2, 0) is 74.7 Å². The SMILES string of the molecule is C=CC.C=Cc1ccc(S(C)=O)c(C(C)=O)c1C.CC(=O)c1c(S(C)=O)ccc(Br)c1C.CC(=O)c1c(S(C)=O)ccc(CCB2OC(C)(C)C(C)(C)O2)c1C.CC1(C)O[B]OC1(C)C.CS(=O)c1ccc2c(c1C(=O)[O-])O[B-](O)(O)CC2.CSc1ccc(Br)c(C)c1C(C)=O.[Na+].[Na+]. The first kappa shape index (κ1) is 95.4. The largest absolute Gasteiger partial charge is 1.00 e. The molecule has 8 rings (SSSR count). The second kappa shape index (κ2) is 41.8. The number of halogens is 2. The van der Waals surface area contributed by atoms with Crippen LogP contribution in [0.4, 0.5) is 0 Å². The van der Waals surface area contributed by atoms with Crippen LogP contribution in [-0.4, -0.2) is 131 Å². The molecule has 98 heavy (non-hydrogen) atoms. The van der Waals surface area contributed by atoms with Crippen molar-refractivity contribution in [2.45, 2.75) is 190 Å². The van der Waals surface area contributed by atoms with Crippen molar-refractivity contribution in [2.75, 3.05) is 31.3 Å². The van der Waals surface area contributed by atoms with E-state index in [1.54, 1.807) is 73.9 Å². The fourth-order valence-electron chi connectivity index (χ4n) is 9.75. The Kier molecular flexibility index (Phi) is 40.7. The number of thioether (sulfide) groups is 1. The summed E-state index contributed by atoms with van der Waals surface area (Å²) in [5, 5.41) is 30.1. The Morgan fingerprint density at radius 3 is 1.35 bits per heavy atom. The third-order valence-corrected chi connectivity index (χ3v) is 22.7. The quantitative estimate of drug-likeness (QED) is 0.0472. The molecule has 0 bridgehead atoms. The predicted molar refractivity (Wildman–Crippen MR) is 398 cm³/mol. The van der Waals surface area contributed by atoms with Gasteiger partial charge in [-0.1, -0.05) is 75.1 Å². The standard InChI is InChI=1S/C18H27BO4S.C12H14O2S.C10H12BO6S.C10H11BrO2S.C10H11BrOS.C6H12BO2.C3H6.2Na/c1-12-14(8-9-15(24(7)21)16(12)13(2)20)10-11-19-22-17(3,4)18(5,6)23-19;1-5-10-6-7-11(15(4)14)12(8(10)2)9(3)13;1-18(16)7-3-2-6-4-5-11(14,15)17-9(6)8(7)10(12)13;1-6-8(11)4-5-9(14(3)13)10(6)7(2)12;1-6-8(11)4-5-9(13-3)10(6)7(2)12;1-5(2)6(3,4)9-7-8-5;1-3-2;;/h8-9H,10-11H2,1-7H3;5-7H,1H2,2-4H3;2-3,14-15H,4-5H2,1H3,(H,12,13);4-5H,1-3H3;4-5H,1-3H3;1-4H3;3H,1H2,2H3;;/q;;-1;;;;;2*+1/p-1. The summed E-state index contributed by atoms with van der Waals surface area (Å²) in [6.45, 7) is 35.8. The molecule has 0 spiro atoms. The fourth-order valence-corrected chi connectivity index (χ4v) is 14.4. The maximum absolute atomic E-state index is 12.0. The van der Waals surface area contributed by atoms with Gasteiger partial charge in [0.15, 0.2) is 23.1 Å². The molecule has 29 heteroatoms. The maximum atomic E-state index is 12.0. The Bertz CT molecular complexity index is 3800. The van der Waals surface area contributed by atoms with Crippen molar-refractivity contribution in [3.63, 3.8) is 0 Å². The van der Waals surface area contributed by atoms with Crippen molar-refractivity contribution in [1.29, 1.82) is 0 Å². The van der Waals surface area contributed by atoms with Crippen molar-refractivity contribution in [2.24, 2.45) is 0 Å². The number of rotatable bonds is 14. The van der Waals surface area contributed by atoms with Crippen LogP contribution < -0.4 is 68.9 Å². The van der Waals surface area contributed by atoms with Crippen molar-refractivity contribution in [3.05, 3.63) is 156 Å². The monoisotopic (exact) mass is 1590 g/mol. The van der Waals surface area contributed by atoms with E-state index in [0.717, 1.165) is 65.5 Å². The third kappa shape index (κ3) is 26.2. The zero-order valence-electron chi connectivity index (χ0n) is 61.2. The molecular formula is C69H92B3Br2Na2O17S5. The summed E-state index contributed by atoms with van der Waals surface area (Å²) in [4.78, 5) is 60.3. The van der Waals surface area contributed by atoms with Crippen molar-refractivity contribution in [3.8, 4) is 5.75 Å². The summed E-state index contributed by atoms with van der Waals surface area (Å²) in [6.07, 6.45) is 13.3. The van der Waals surface area contributed by atoms with Crippen molar-refractivity contribution >= 4 is 144 Å². The van der Waals surface area contributed by atoms with Gasteiger partial charge in [-0.3, -0.25) is 36.0 Å². The van der Waals surface area contributed by atoms with Crippen molar-refractivity contribution < 1.29 is 138 Å². The molecule has 2 fully saturated rings. The van der Waals surface area contributed by atoms with E-state index in [4.69, 9.17) is 23.3 Å². The number of aromatic carboxylic acids is 1. The molecule has 2 N–H and O–H groups in total.